The second-order valence-electron chi connectivity index (χ2n) is 3.60. The van der Waals surface area contributed by atoms with Gasteiger partial charge in [-0.3, -0.25) is 5.10 Å². The van der Waals surface area contributed by atoms with Crippen LogP contribution in [0.3, 0.4) is 0 Å². The van der Waals surface area contributed by atoms with Gasteiger partial charge in [0.25, 0.3) is 0 Å². The summed E-state index contributed by atoms with van der Waals surface area (Å²) in [4.78, 5) is 7.35. The average Bonchev–Trinajstić information content (AvgIpc) is 2.83. The van der Waals surface area contributed by atoms with Gasteiger partial charge >= 0.3 is 0 Å². The molecule has 3 rings (SSSR count). The molecule has 0 bridgehead atoms. The number of rotatable bonds is 2. The minimum atomic E-state index is -0.570. The SMILES string of the molecule is Fc1cnc(Cl)nc1Nc1cccc2[nH]ncc12. The maximum Gasteiger partial charge on any atom is 0.224 e. The molecule has 2 heterocycles. The first-order chi connectivity index (χ1) is 8.74. The number of aromatic amines is 1. The van der Waals surface area contributed by atoms with E-state index in [9.17, 15) is 4.39 Å². The monoisotopic (exact) mass is 263 g/mol. The van der Waals surface area contributed by atoms with Gasteiger partial charge in [0.2, 0.25) is 5.28 Å². The van der Waals surface area contributed by atoms with Crippen molar-refractivity contribution in [2.75, 3.05) is 5.32 Å². The Balaban J connectivity index is 2.06. The van der Waals surface area contributed by atoms with Gasteiger partial charge in [-0.05, 0) is 23.7 Å². The predicted molar refractivity (Wildman–Crippen MR) is 66.4 cm³/mol. The van der Waals surface area contributed by atoms with Gasteiger partial charge in [-0.15, -0.1) is 0 Å². The highest BCUT2D eigenvalue weighted by molar-refractivity contribution is 6.28. The van der Waals surface area contributed by atoms with Gasteiger partial charge in [-0.2, -0.15) is 10.1 Å². The number of fused-ring (bicyclic) bond motifs is 1. The van der Waals surface area contributed by atoms with E-state index in [-0.39, 0.29) is 11.1 Å². The molecule has 1 aromatic carbocycles. The van der Waals surface area contributed by atoms with Crippen molar-refractivity contribution in [2.45, 2.75) is 0 Å². The van der Waals surface area contributed by atoms with E-state index in [1.54, 1.807) is 12.3 Å². The average molecular weight is 264 g/mol. The molecule has 0 saturated carbocycles. The molecule has 0 spiro atoms. The molecule has 0 amide bonds. The van der Waals surface area contributed by atoms with Crippen molar-refractivity contribution >= 4 is 34.0 Å². The molecular formula is C11H7ClFN5. The molecule has 0 unspecified atom stereocenters. The first kappa shape index (κ1) is 10.9. The first-order valence-electron chi connectivity index (χ1n) is 5.11. The van der Waals surface area contributed by atoms with E-state index in [2.05, 4.69) is 25.5 Å². The van der Waals surface area contributed by atoms with Gasteiger partial charge in [0.05, 0.1) is 23.6 Å². The Morgan fingerprint density at radius 2 is 2.17 bits per heavy atom. The van der Waals surface area contributed by atoms with Crippen molar-refractivity contribution in [3.63, 3.8) is 0 Å². The lowest BCUT2D eigenvalue weighted by atomic mass is 10.2. The number of nitrogens with one attached hydrogen (secondary N) is 2. The van der Waals surface area contributed by atoms with Crippen molar-refractivity contribution < 1.29 is 4.39 Å². The van der Waals surface area contributed by atoms with Gasteiger partial charge in [-0.25, -0.2) is 9.37 Å². The van der Waals surface area contributed by atoms with E-state index in [1.165, 1.54) is 0 Å². The number of halogens is 2. The Hall–Kier alpha value is -2.21. The van der Waals surface area contributed by atoms with E-state index in [0.717, 1.165) is 17.1 Å². The quantitative estimate of drug-likeness (QED) is 0.698. The lowest BCUT2D eigenvalue weighted by molar-refractivity contribution is 0.619. The Bertz CT molecular complexity index is 711. The molecule has 0 saturated heterocycles. The Morgan fingerprint density at radius 1 is 1.28 bits per heavy atom. The molecule has 18 heavy (non-hydrogen) atoms. The second-order valence-corrected chi connectivity index (χ2v) is 3.94. The molecule has 0 aliphatic carbocycles. The van der Waals surface area contributed by atoms with Crippen LogP contribution >= 0.6 is 11.6 Å². The molecule has 5 nitrogen and oxygen atoms in total. The fourth-order valence-corrected chi connectivity index (χ4v) is 1.77. The third-order valence-corrected chi connectivity index (χ3v) is 2.63. The van der Waals surface area contributed by atoms with Crippen LogP contribution in [0.25, 0.3) is 10.9 Å². The zero-order chi connectivity index (χ0) is 12.5. The standard InChI is InChI=1S/C11H7ClFN5/c12-11-14-5-7(13)10(17-11)16-8-2-1-3-9-6(8)4-15-18-9/h1-5H,(H,15,18)(H,14,16,17). The summed E-state index contributed by atoms with van der Waals surface area (Å²) in [5.41, 5.74) is 1.54. The molecule has 0 aliphatic heterocycles. The summed E-state index contributed by atoms with van der Waals surface area (Å²) in [5, 5.41) is 10.5. The minimum Gasteiger partial charge on any atom is -0.337 e. The van der Waals surface area contributed by atoms with Crippen LogP contribution in [0.1, 0.15) is 0 Å². The third-order valence-electron chi connectivity index (χ3n) is 2.45. The van der Waals surface area contributed by atoms with Crippen LogP contribution in [-0.4, -0.2) is 20.2 Å². The Morgan fingerprint density at radius 3 is 3.06 bits per heavy atom. The fourth-order valence-electron chi connectivity index (χ4n) is 1.64. The maximum atomic E-state index is 13.5. The maximum absolute atomic E-state index is 13.5. The lowest BCUT2D eigenvalue weighted by Crippen LogP contribution is -1.99. The molecule has 0 radical (unpaired) electrons. The number of hydrogen-bond acceptors (Lipinski definition) is 4. The van der Waals surface area contributed by atoms with Gasteiger partial charge in [0.1, 0.15) is 0 Å². The summed E-state index contributed by atoms with van der Waals surface area (Å²) in [6.07, 6.45) is 2.67. The molecule has 2 aromatic heterocycles. The molecule has 0 aliphatic rings. The lowest BCUT2D eigenvalue weighted by Gasteiger charge is -2.07. The van der Waals surface area contributed by atoms with Crippen LogP contribution in [0.2, 0.25) is 5.28 Å². The van der Waals surface area contributed by atoms with Gasteiger partial charge in [-0.1, -0.05) is 6.07 Å². The normalized spacial score (nSPS) is 10.8. The van der Waals surface area contributed by atoms with Crippen molar-refractivity contribution in [1.29, 1.82) is 0 Å². The van der Waals surface area contributed by atoms with Crippen molar-refractivity contribution in [2.24, 2.45) is 0 Å². The fraction of sp³-hybridized carbons (Fsp3) is 0. The van der Waals surface area contributed by atoms with E-state index in [1.807, 2.05) is 12.1 Å². The second kappa shape index (κ2) is 4.23. The van der Waals surface area contributed by atoms with Crippen molar-refractivity contribution in [3.05, 3.63) is 41.7 Å². The number of hydrogen-bond donors (Lipinski definition) is 2. The summed E-state index contributed by atoms with van der Waals surface area (Å²) in [5.74, 6) is -0.538. The van der Waals surface area contributed by atoms with Crippen LogP contribution in [0, 0.1) is 5.82 Å². The summed E-state index contributed by atoms with van der Waals surface area (Å²) in [6, 6.07) is 5.49. The number of anilines is 2. The van der Waals surface area contributed by atoms with Gasteiger partial charge in [0, 0.05) is 5.39 Å². The molecular weight excluding hydrogens is 257 g/mol. The van der Waals surface area contributed by atoms with Gasteiger partial charge in [0.15, 0.2) is 11.6 Å². The van der Waals surface area contributed by atoms with E-state index in [0.29, 0.717) is 5.69 Å². The van der Waals surface area contributed by atoms with E-state index < -0.39 is 5.82 Å². The highest BCUT2D eigenvalue weighted by Crippen LogP contribution is 2.25. The van der Waals surface area contributed by atoms with Crippen LogP contribution in [0.4, 0.5) is 15.9 Å². The van der Waals surface area contributed by atoms with Crippen LogP contribution in [0.15, 0.2) is 30.6 Å². The molecule has 3 aromatic rings. The first-order valence-corrected chi connectivity index (χ1v) is 5.49. The zero-order valence-corrected chi connectivity index (χ0v) is 9.74. The van der Waals surface area contributed by atoms with Crippen LogP contribution in [-0.2, 0) is 0 Å². The summed E-state index contributed by atoms with van der Waals surface area (Å²) in [7, 11) is 0. The summed E-state index contributed by atoms with van der Waals surface area (Å²) >= 11 is 5.63. The third kappa shape index (κ3) is 1.86. The number of H-pyrrole nitrogens is 1. The predicted octanol–water partition coefficient (Wildman–Crippen LogP) is 2.89. The molecule has 0 fully saturated rings. The van der Waals surface area contributed by atoms with Crippen LogP contribution in [0.5, 0.6) is 0 Å². The number of benzene rings is 1. The number of nitrogens with zero attached hydrogens (tertiary/aromatic N) is 3. The largest absolute Gasteiger partial charge is 0.337 e. The van der Waals surface area contributed by atoms with Crippen molar-refractivity contribution in [3.8, 4) is 0 Å². The van der Waals surface area contributed by atoms with E-state index >= 15 is 0 Å². The minimum absolute atomic E-state index is 0.0155. The van der Waals surface area contributed by atoms with Crippen molar-refractivity contribution in [1.82, 2.24) is 20.2 Å². The topological polar surface area (TPSA) is 66.5 Å². The molecule has 0 atom stereocenters. The molecule has 2 N–H and O–H groups in total. The van der Waals surface area contributed by atoms with Gasteiger partial charge < -0.3 is 5.32 Å². The Labute approximate surface area is 106 Å². The molecule has 90 valence electrons. The summed E-state index contributed by atoms with van der Waals surface area (Å²) in [6.45, 7) is 0. The van der Waals surface area contributed by atoms with Crippen LogP contribution < -0.4 is 5.32 Å². The molecule has 7 heteroatoms. The highest BCUT2D eigenvalue weighted by Gasteiger charge is 2.08. The number of aromatic nitrogens is 4. The Kier molecular flexibility index (Phi) is 2.56. The smallest absolute Gasteiger partial charge is 0.224 e. The highest BCUT2D eigenvalue weighted by atomic mass is 35.5. The summed E-state index contributed by atoms with van der Waals surface area (Å²) < 4.78 is 13.5. The van der Waals surface area contributed by atoms with E-state index in [4.69, 9.17) is 11.6 Å². The zero-order valence-electron chi connectivity index (χ0n) is 8.98.